The third-order valence-corrected chi connectivity index (χ3v) is 3.88. The maximum atomic E-state index is 11.7. The number of H-pyrrole nitrogens is 2. The Bertz CT molecular complexity index is 656. The number of anilines is 1. The number of fused-ring (bicyclic) bond motifs is 1. The van der Waals surface area contributed by atoms with Crippen molar-refractivity contribution < 1.29 is 10.2 Å². The van der Waals surface area contributed by atoms with Gasteiger partial charge in [0.25, 0.3) is 5.56 Å². The molecule has 2 heterocycles. The van der Waals surface area contributed by atoms with Crippen LogP contribution in [0.25, 0.3) is 11.0 Å². The second-order valence-electron chi connectivity index (χ2n) is 4.68. The minimum Gasteiger partial charge on any atom is -0.394 e. The van der Waals surface area contributed by atoms with E-state index in [4.69, 9.17) is 10.8 Å². The molecule has 8 nitrogen and oxygen atoms in total. The average molecular weight is 313 g/mol. The molecule has 116 valence electrons. The Balaban J connectivity index is 2.18. The standard InChI is InChI=1S/C12H19N5O3S/c1-21-5-7(8(19)4-18)14-2-6-3-15-10-9(6)16-12(13)17-11(10)20/h3,7-8,14-15,18-19H,2,4-5H2,1H3,(H3,13,16,17,20)/t7-,8-/m0/s1. The summed E-state index contributed by atoms with van der Waals surface area (Å²) < 4.78 is 0. The topological polar surface area (TPSA) is 140 Å². The van der Waals surface area contributed by atoms with Crippen molar-refractivity contribution in [3.8, 4) is 0 Å². The fraction of sp³-hybridized carbons (Fsp3) is 0.500. The van der Waals surface area contributed by atoms with Gasteiger partial charge < -0.3 is 26.2 Å². The molecule has 21 heavy (non-hydrogen) atoms. The van der Waals surface area contributed by atoms with Crippen LogP contribution in [0, 0.1) is 0 Å². The molecule has 2 aromatic rings. The fourth-order valence-corrected chi connectivity index (χ4v) is 2.77. The molecule has 0 spiro atoms. The van der Waals surface area contributed by atoms with E-state index in [0.717, 1.165) is 5.56 Å². The molecule has 0 bridgehead atoms. The highest BCUT2D eigenvalue weighted by Crippen LogP contribution is 2.13. The molecule has 0 unspecified atom stereocenters. The Morgan fingerprint density at radius 1 is 1.57 bits per heavy atom. The van der Waals surface area contributed by atoms with E-state index in [2.05, 4.69) is 20.3 Å². The molecule has 2 atom stereocenters. The Labute approximate surface area is 125 Å². The highest BCUT2D eigenvalue weighted by molar-refractivity contribution is 7.98. The maximum Gasteiger partial charge on any atom is 0.276 e. The molecule has 0 saturated carbocycles. The van der Waals surface area contributed by atoms with Crippen LogP contribution in [0.15, 0.2) is 11.0 Å². The van der Waals surface area contributed by atoms with E-state index < -0.39 is 6.10 Å². The van der Waals surface area contributed by atoms with Crippen LogP contribution in [0.5, 0.6) is 0 Å². The molecule has 0 fully saturated rings. The third kappa shape index (κ3) is 3.56. The number of thioether (sulfide) groups is 1. The molecule has 0 aliphatic rings. The van der Waals surface area contributed by atoms with Crippen molar-refractivity contribution in [3.05, 3.63) is 22.1 Å². The van der Waals surface area contributed by atoms with Crippen molar-refractivity contribution in [1.29, 1.82) is 0 Å². The number of aromatic nitrogens is 3. The summed E-state index contributed by atoms with van der Waals surface area (Å²) in [6.07, 6.45) is 2.76. The Morgan fingerprint density at radius 2 is 2.33 bits per heavy atom. The van der Waals surface area contributed by atoms with Gasteiger partial charge in [0, 0.05) is 30.1 Å². The summed E-state index contributed by atoms with van der Waals surface area (Å²) in [5.74, 6) is 0.713. The Hall–Kier alpha value is -1.55. The summed E-state index contributed by atoms with van der Waals surface area (Å²) in [7, 11) is 0. The van der Waals surface area contributed by atoms with Crippen LogP contribution in [0.3, 0.4) is 0 Å². The number of aliphatic hydroxyl groups excluding tert-OH is 2. The lowest BCUT2D eigenvalue weighted by Gasteiger charge is -2.21. The van der Waals surface area contributed by atoms with Crippen molar-refractivity contribution >= 4 is 28.7 Å². The van der Waals surface area contributed by atoms with E-state index >= 15 is 0 Å². The maximum absolute atomic E-state index is 11.7. The number of nitrogens with zero attached hydrogens (tertiary/aromatic N) is 1. The summed E-state index contributed by atoms with van der Waals surface area (Å²) >= 11 is 1.57. The minimum absolute atomic E-state index is 0.0596. The lowest BCUT2D eigenvalue weighted by molar-refractivity contribution is 0.0689. The summed E-state index contributed by atoms with van der Waals surface area (Å²) in [6, 6.07) is -0.255. The van der Waals surface area contributed by atoms with Crippen molar-refractivity contribution in [2.45, 2.75) is 18.7 Å². The van der Waals surface area contributed by atoms with Gasteiger partial charge in [0.05, 0.1) is 12.7 Å². The van der Waals surface area contributed by atoms with Gasteiger partial charge in [-0.15, -0.1) is 0 Å². The van der Waals surface area contributed by atoms with Crippen molar-refractivity contribution in [1.82, 2.24) is 20.3 Å². The van der Waals surface area contributed by atoms with Gasteiger partial charge in [0.2, 0.25) is 5.95 Å². The van der Waals surface area contributed by atoms with Crippen LogP contribution in [0.1, 0.15) is 5.56 Å². The first-order valence-corrected chi connectivity index (χ1v) is 7.83. The largest absolute Gasteiger partial charge is 0.394 e. The van der Waals surface area contributed by atoms with Crippen molar-refractivity contribution in [3.63, 3.8) is 0 Å². The smallest absolute Gasteiger partial charge is 0.276 e. The summed E-state index contributed by atoms with van der Waals surface area (Å²) in [6.45, 7) is 0.0924. The normalized spacial score (nSPS) is 14.4. The van der Waals surface area contributed by atoms with E-state index in [1.165, 1.54) is 0 Å². The van der Waals surface area contributed by atoms with Crippen LogP contribution in [-0.4, -0.2) is 55.9 Å². The number of nitrogens with one attached hydrogen (secondary N) is 3. The first-order valence-electron chi connectivity index (χ1n) is 6.43. The Kier molecular flexibility index (Phi) is 5.23. The first kappa shape index (κ1) is 15.8. The second-order valence-corrected chi connectivity index (χ2v) is 5.59. The van der Waals surface area contributed by atoms with E-state index in [-0.39, 0.29) is 24.2 Å². The highest BCUT2D eigenvalue weighted by Gasteiger charge is 2.18. The molecule has 9 heteroatoms. The molecule has 2 aromatic heterocycles. The zero-order valence-corrected chi connectivity index (χ0v) is 12.4. The third-order valence-electron chi connectivity index (χ3n) is 3.19. The average Bonchev–Trinajstić information content (AvgIpc) is 2.86. The lowest BCUT2D eigenvalue weighted by atomic mass is 10.2. The summed E-state index contributed by atoms with van der Waals surface area (Å²) in [5, 5.41) is 22.0. The molecule has 0 aliphatic carbocycles. The highest BCUT2D eigenvalue weighted by atomic mass is 32.2. The van der Waals surface area contributed by atoms with Crippen LogP contribution >= 0.6 is 11.8 Å². The minimum atomic E-state index is -0.843. The molecule has 7 N–H and O–H groups in total. The molecule has 0 amide bonds. The lowest BCUT2D eigenvalue weighted by Crippen LogP contribution is -2.43. The van der Waals surface area contributed by atoms with Crippen molar-refractivity contribution in [2.24, 2.45) is 0 Å². The van der Waals surface area contributed by atoms with Gasteiger partial charge in [-0.05, 0) is 6.26 Å². The molecule has 0 radical (unpaired) electrons. The Morgan fingerprint density at radius 3 is 3.00 bits per heavy atom. The number of hydrogen-bond acceptors (Lipinski definition) is 7. The zero-order valence-electron chi connectivity index (χ0n) is 11.6. The van der Waals surface area contributed by atoms with Crippen LogP contribution in [0.2, 0.25) is 0 Å². The number of nitrogens with two attached hydrogens (primary N) is 1. The number of aliphatic hydroxyl groups is 2. The van der Waals surface area contributed by atoms with Gasteiger partial charge in [-0.25, -0.2) is 4.98 Å². The zero-order chi connectivity index (χ0) is 15.4. The van der Waals surface area contributed by atoms with Gasteiger partial charge in [0.15, 0.2) is 0 Å². The first-order chi connectivity index (χ1) is 10.1. The molecule has 0 aromatic carbocycles. The molecule has 0 saturated heterocycles. The number of nitrogen functional groups attached to an aromatic ring is 1. The SMILES string of the molecule is CSC[C@H](NCc1c[nH]c2c(=O)[nH]c(N)nc12)[C@@H](O)CO. The predicted molar refractivity (Wildman–Crippen MR) is 83.2 cm³/mol. The van der Waals surface area contributed by atoms with Crippen LogP contribution in [0.4, 0.5) is 5.95 Å². The van der Waals surface area contributed by atoms with E-state index in [9.17, 15) is 9.90 Å². The predicted octanol–water partition coefficient (Wildman–Crippen LogP) is -0.992. The number of aromatic amines is 2. The number of hydrogen-bond donors (Lipinski definition) is 6. The van der Waals surface area contributed by atoms with Gasteiger partial charge >= 0.3 is 0 Å². The summed E-state index contributed by atoms with van der Waals surface area (Å²) in [4.78, 5) is 21.1. The molecule has 0 aliphatic heterocycles. The number of rotatable bonds is 7. The van der Waals surface area contributed by atoms with Crippen LogP contribution < -0.4 is 16.6 Å². The second kappa shape index (κ2) is 6.94. The quantitative estimate of drug-likeness (QED) is 0.385. The molecular formula is C12H19N5O3S. The molecular weight excluding hydrogens is 294 g/mol. The van der Waals surface area contributed by atoms with Gasteiger partial charge in [-0.1, -0.05) is 0 Å². The van der Waals surface area contributed by atoms with Gasteiger partial charge in [-0.2, -0.15) is 11.8 Å². The van der Waals surface area contributed by atoms with Crippen molar-refractivity contribution in [2.75, 3.05) is 24.3 Å². The van der Waals surface area contributed by atoms with Gasteiger partial charge in [0.1, 0.15) is 11.0 Å². The van der Waals surface area contributed by atoms with E-state index in [1.54, 1.807) is 18.0 Å². The summed E-state index contributed by atoms with van der Waals surface area (Å²) in [5.41, 5.74) is 6.88. The van der Waals surface area contributed by atoms with Gasteiger partial charge in [-0.3, -0.25) is 9.78 Å². The molecule has 2 rings (SSSR count). The monoisotopic (exact) mass is 313 g/mol. The van der Waals surface area contributed by atoms with Crippen LogP contribution in [-0.2, 0) is 6.54 Å². The van der Waals surface area contributed by atoms with E-state index in [0.29, 0.717) is 23.3 Å². The van der Waals surface area contributed by atoms with E-state index in [1.807, 2.05) is 6.26 Å². The fourth-order valence-electron chi connectivity index (χ4n) is 2.07.